The number of hydrogen-bond donors (Lipinski definition) is 2. The average molecular weight is 384 g/mol. The lowest BCUT2D eigenvalue weighted by Gasteiger charge is -2.16. The third kappa shape index (κ3) is 3.90. The molecule has 1 amide bonds. The number of benzene rings is 2. The van der Waals surface area contributed by atoms with E-state index >= 15 is 0 Å². The number of fused-ring (bicyclic) bond motifs is 1. The van der Waals surface area contributed by atoms with Gasteiger partial charge in [0.15, 0.2) is 0 Å². The standard InChI is InChI=1S/C21H25FN4O2/c1-12(2)26-19-8-6-15(22)10-18(19)24-20(26)14-5-7-17(13(3)9-14)25-21(27)16(23)11-28-4/h5-10,12,16H,11,23H2,1-4H3,(H,25,27). The SMILES string of the molecule is COCC(N)C(=O)Nc1ccc(-c2nc3cc(F)ccc3n2C(C)C)cc1C. The van der Waals surface area contributed by atoms with E-state index in [1.165, 1.54) is 19.2 Å². The van der Waals surface area contributed by atoms with Gasteiger partial charge >= 0.3 is 0 Å². The molecule has 148 valence electrons. The van der Waals surface area contributed by atoms with Gasteiger partial charge in [-0.3, -0.25) is 4.79 Å². The summed E-state index contributed by atoms with van der Waals surface area (Å²) >= 11 is 0. The summed E-state index contributed by atoms with van der Waals surface area (Å²) in [6.45, 7) is 6.18. The topological polar surface area (TPSA) is 82.2 Å². The molecule has 0 saturated heterocycles. The molecule has 1 aromatic heterocycles. The highest BCUT2D eigenvalue weighted by Gasteiger charge is 2.18. The Hall–Kier alpha value is -2.77. The first kappa shape index (κ1) is 20.0. The molecule has 3 rings (SSSR count). The molecule has 28 heavy (non-hydrogen) atoms. The molecule has 7 heteroatoms. The van der Waals surface area contributed by atoms with Crippen molar-refractivity contribution in [3.63, 3.8) is 0 Å². The van der Waals surface area contributed by atoms with Crippen molar-refractivity contribution in [1.82, 2.24) is 9.55 Å². The Morgan fingerprint density at radius 2 is 2.04 bits per heavy atom. The Kier molecular flexibility index (Phi) is 5.76. The Morgan fingerprint density at radius 3 is 2.68 bits per heavy atom. The number of rotatable bonds is 6. The highest BCUT2D eigenvalue weighted by Crippen LogP contribution is 2.30. The van der Waals surface area contributed by atoms with Crippen LogP contribution in [0.15, 0.2) is 36.4 Å². The van der Waals surface area contributed by atoms with Crippen molar-refractivity contribution in [3.05, 3.63) is 47.8 Å². The molecule has 0 aliphatic carbocycles. The van der Waals surface area contributed by atoms with E-state index < -0.39 is 6.04 Å². The normalized spacial score (nSPS) is 12.5. The third-order valence-corrected chi connectivity index (χ3v) is 4.59. The van der Waals surface area contributed by atoms with Crippen molar-refractivity contribution in [2.75, 3.05) is 19.0 Å². The van der Waals surface area contributed by atoms with Crippen LogP contribution >= 0.6 is 0 Å². The van der Waals surface area contributed by atoms with Crippen LogP contribution in [-0.4, -0.2) is 35.2 Å². The first-order valence-electron chi connectivity index (χ1n) is 9.15. The summed E-state index contributed by atoms with van der Waals surface area (Å²) in [5.41, 5.74) is 9.72. The summed E-state index contributed by atoms with van der Waals surface area (Å²) in [4.78, 5) is 16.8. The van der Waals surface area contributed by atoms with Gasteiger partial charge in [-0.1, -0.05) is 0 Å². The average Bonchev–Trinajstić information content (AvgIpc) is 3.02. The van der Waals surface area contributed by atoms with E-state index in [-0.39, 0.29) is 24.4 Å². The first-order chi connectivity index (χ1) is 13.3. The van der Waals surface area contributed by atoms with Crippen molar-refractivity contribution in [2.24, 2.45) is 5.73 Å². The van der Waals surface area contributed by atoms with E-state index in [0.717, 1.165) is 22.5 Å². The zero-order valence-corrected chi connectivity index (χ0v) is 16.5. The number of hydrogen-bond acceptors (Lipinski definition) is 4. The summed E-state index contributed by atoms with van der Waals surface area (Å²) in [6.07, 6.45) is 0. The van der Waals surface area contributed by atoms with E-state index in [2.05, 4.69) is 28.7 Å². The molecule has 0 saturated carbocycles. The van der Waals surface area contributed by atoms with Crippen LogP contribution in [0.3, 0.4) is 0 Å². The van der Waals surface area contributed by atoms with Crippen LogP contribution < -0.4 is 11.1 Å². The molecule has 0 spiro atoms. The molecule has 0 bridgehead atoms. The quantitative estimate of drug-likeness (QED) is 0.680. The van der Waals surface area contributed by atoms with E-state index in [1.807, 2.05) is 25.1 Å². The minimum atomic E-state index is -0.732. The van der Waals surface area contributed by atoms with Crippen LogP contribution in [0.2, 0.25) is 0 Å². The van der Waals surface area contributed by atoms with Crippen LogP contribution in [0.4, 0.5) is 10.1 Å². The number of amides is 1. The number of aryl methyl sites for hydroxylation is 1. The van der Waals surface area contributed by atoms with Gasteiger partial charge in [0, 0.05) is 30.5 Å². The number of nitrogens with two attached hydrogens (primary N) is 1. The monoisotopic (exact) mass is 384 g/mol. The molecule has 1 heterocycles. The number of halogens is 1. The van der Waals surface area contributed by atoms with Crippen molar-refractivity contribution in [2.45, 2.75) is 32.9 Å². The Balaban J connectivity index is 1.98. The molecule has 1 atom stereocenters. The summed E-state index contributed by atoms with van der Waals surface area (Å²) in [7, 11) is 1.50. The van der Waals surface area contributed by atoms with Crippen molar-refractivity contribution >= 4 is 22.6 Å². The van der Waals surface area contributed by atoms with Gasteiger partial charge in [0.25, 0.3) is 0 Å². The summed E-state index contributed by atoms with van der Waals surface area (Å²) in [6, 6.07) is 9.72. The summed E-state index contributed by atoms with van der Waals surface area (Å²) in [5.74, 6) is 0.143. The number of ether oxygens (including phenoxy) is 1. The lowest BCUT2D eigenvalue weighted by molar-refractivity contribution is -0.118. The minimum absolute atomic E-state index is 0.150. The number of methoxy groups -OCH3 is 1. The molecule has 3 aromatic rings. The van der Waals surface area contributed by atoms with E-state index in [4.69, 9.17) is 10.5 Å². The number of nitrogens with one attached hydrogen (secondary N) is 1. The summed E-state index contributed by atoms with van der Waals surface area (Å²) in [5, 5.41) is 2.82. The lowest BCUT2D eigenvalue weighted by Crippen LogP contribution is -2.39. The van der Waals surface area contributed by atoms with Crippen LogP contribution in [0, 0.1) is 12.7 Å². The maximum Gasteiger partial charge on any atom is 0.243 e. The smallest absolute Gasteiger partial charge is 0.243 e. The maximum atomic E-state index is 13.6. The van der Waals surface area contributed by atoms with Gasteiger partial charge in [0.2, 0.25) is 5.91 Å². The number of carbonyl (C=O) groups excluding carboxylic acids is 1. The highest BCUT2D eigenvalue weighted by atomic mass is 19.1. The summed E-state index contributed by atoms with van der Waals surface area (Å²) < 4.78 is 20.6. The Labute approximate surface area is 163 Å². The molecule has 6 nitrogen and oxygen atoms in total. The molecule has 2 aromatic carbocycles. The molecule has 0 fully saturated rings. The Morgan fingerprint density at radius 1 is 1.29 bits per heavy atom. The van der Waals surface area contributed by atoms with E-state index in [0.29, 0.717) is 11.2 Å². The van der Waals surface area contributed by atoms with Gasteiger partial charge in [-0.15, -0.1) is 0 Å². The van der Waals surface area contributed by atoms with Crippen LogP contribution in [0.1, 0.15) is 25.5 Å². The second-order valence-corrected chi connectivity index (χ2v) is 7.11. The van der Waals surface area contributed by atoms with E-state index in [1.54, 1.807) is 6.07 Å². The number of carbonyl (C=O) groups is 1. The zero-order chi connectivity index (χ0) is 20.4. The fraction of sp³-hybridized carbons (Fsp3) is 0.333. The van der Waals surface area contributed by atoms with Gasteiger partial charge in [-0.05, 0) is 56.7 Å². The number of anilines is 1. The fourth-order valence-corrected chi connectivity index (χ4v) is 3.22. The second kappa shape index (κ2) is 8.08. The molecule has 0 aliphatic heterocycles. The van der Waals surface area contributed by atoms with Gasteiger partial charge in [0.05, 0.1) is 17.6 Å². The van der Waals surface area contributed by atoms with Crippen molar-refractivity contribution in [3.8, 4) is 11.4 Å². The molecule has 0 aliphatic rings. The van der Waals surface area contributed by atoms with Crippen LogP contribution in [0.25, 0.3) is 22.4 Å². The number of aromatic nitrogens is 2. The van der Waals surface area contributed by atoms with Gasteiger partial charge in [-0.2, -0.15) is 0 Å². The van der Waals surface area contributed by atoms with Crippen molar-refractivity contribution in [1.29, 1.82) is 0 Å². The van der Waals surface area contributed by atoms with Crippen LogP contribution in [0.5, 0.6) is 0 Å². The van der Waals surface area contributed by atoms with Gasteiger partial charge in [0.1, 0.15) is 17.7 Å². The molecular weight excluding hydrogens is 359 g/mol. The predicted octanol–water partition coefficient (Wildman–Crippen LogP) is 3.64. The second-order valence-electron chi connectivity index (χ2n) is 7.11. The zero-order valence-electron chi connectivity index (χ0n) is 16.5. The molecular formula is C21H25FN4O2. The minimum Gasteiger partial charge on any atom is -0.383 e. The van der Waals surface area contributed by atoms with E-state index in [9.17, 15) is 9.18 Å². The number of imidazole rings is 1. The maximum absolute atomic E-state index is 13.6. The highest BCUT2D eigenvalue weighted by molar-refractivity contribution is 5.95. The molecule has 3 N–H and O–H groups in total. The Bertz CT molecular complexity index is 1010. The fourth-order valence-electron chi connectivity index (χ4n) is 3.22. The van der Waals surface area contributed by atoms with Gasteiger partial charge < -0.3 is 20.4 Å². The first-order valence-corrected chi connectivity index (χ1v) is 9.15. The lowest BCUT2D eigenvalue weighted by atomic mass is 10.1. The van der Waals surface area contributed by atoms with Crippen molar-refractivity contribution < 1.29 is 13.9 Å². The third-order valence-electron chi connectivity index (χ3n) is 4.59. The predicted molar refractivity (Wildman–Crippen MR) is 109 cm³/mol. The molecule has 1 unspecified atom stereocenters. The van der Waals surface area contributed by atoms with Gasteiger partial charge in [-0.25, -0.2) is 9.37 Å². The van der Waals surface area contributed by atoms with Crippen LogP contribution in [-0.2, 0) is 9.53 Å². The largest absolute Gasteiger partial charge is 0.383 e. The molecule has 0 radical (unpaired) electrons. The number of nitrogens with zero attached hydrogens (tertiary/aromatic N) is 2.